The summed E-state index contributed by atoms with van der Waals surface area (Å²) in [6, 6.07) is 3.75. The predicted molar refractivity (Wildman–Crippen MR) is 93.7 cm³/mol. The molecule has 0 radical (unpaired) electrons. The summed E-state index contributed by atoms with van der Waals surface area (Å²) in [4.78, 5) is 16.4. The van der Waals surface area contributed by atoms with Gasteiger partial charge in [-0.05, 0) is 24.5 Å². The fourth-order valence-electron chi connectivity index (χ4n) is 3.54. The number of rotatable bonds is 1. The molecule has 1 N–H and O–H groups in total. The molecule has 0 unspecified atom stereocenters. The molecule has 0 saturated heterocycles. The van der Waals surface area contributed by atoms with Crippen molar-refractivity contribution >= 4 is 34.9 Å². The molecule has 4 rings (SSSR count). The molecule has 27 heavy (non-hydrogen) atoms. The molecule has 0 fully saturated rings. The van der Waals surface area contributed by atoms with Gasteiger partial charge >= 0.3 is 6.18 Å². The first-order chi connectivity index (χ1) is 12.6. The number of carbonyl (C=O) groups is 1. The number of hydrogen-bond donors (Lipinski definition) is 1. The van der Waals surface area contributed by atoms with E-state index in [2.05, 4.69) is 15.4 Å². The van der Waals surface area contributed by atoms with Crippen molar-refractivity contribution in [2.24, 2.45) is 5.92 Å². The van der Waals surface area contributed by atoms with Crippen LogP contribution in [0, 0.1) is 5.92 Å². The van der Waals surface area contributed by atoms with Crippen molar-refractivity contribution in [3.8, 4) is 0 Å². The smallest absolute Gasteiger partial charge is 0.328 e. The average Bonchev–Trinajstić information content (AvgIpc) is 2.97. The van der Waals surface area contributed by atoms with Crippen LogP contribution in [0.5, 0.6) is 0 Å². The molecule has 1 aromatic carbocycles. The molecular weight excluding hydrogens is 404 g/mol. The van der Waals surface area contributed by atoms with Gasteiger partial charge in [-0.1, -0.05) is 36.2 Å². The van der Waals surface area contributed by atoms with Crippen LogP contribution in [0.4, 0.5) is 19.1 Å². The van der Waals surface area contributed by atoms with Crippen LogP contribution < -0.4 is 5.32 Å². The Morgan fingerprint density at radius 2 is 2.00 bits per heavy atom. The Kier molecular flexibility index (Phi) is 4.23. The normalized spacial score (nSPS) is 22.4. The minimum Gasteiger partial charge on any atom is -0.328 e. The topological polar surface area (TPSA) is 59.8 Å². The van der Waals surface area contributed by atoms with Gasteiger partial charge in [0.15, 0.2) is 5.78 Å². The van der Waals surface area contributed by atoms with Gasteiger partial charge in [-0.3, -0.25) is 4.79 Å². The van der Waals surface area contributed by atoms with Crippen molar-refractivity contribution < 1.29 is 18.0 Å². The summed E-state index contributed by atoms with van der Waals surface area (Å²) >= 11 is 12.3. The molecule has 1 aliphatic carbocycles. The standard InChI is InChI=1S/C17H13Cl2F3N4O/c1-7-4-11-13(12(27)5-7)14(9-3-2-8(18)6-10(9)19)26-16(23-11)24-15(25-26)17(20,21)22/h2-3,6-7,14H,4-5H2,1H3,(H,23,24,25)/t7-,14+/m1/s1. The summed E-state index contributed by atoms with van der Waals surface area (Å²) in [6.45, 7) is 1.91. The van der Waals surface area contributed by atoms with Crippen LogP contribution in [0.1, 0.15) is 37.2 Å². The van der Waals surface area contributed by atoms with Crippen LogP contribution in [0.25, 0.3) is 0 Å². The monoisotopic (exact) mass is 416 g/mol. The van der Waals surface area contributed by atoms with Gasteiger partial charge in [0.1, 0.15) is 6.04 Å². The van der Waals surface area contributed by atoms with Gasteiger partial charge in [0.2, 0.25) is 5.95 Å². The second kappa shape index (κ2) is 6.24. The first-order valence-corrected chi connectivity index (χ1v) is 8.92. The molecule has 10 heteroatoms. The van der Waals surface area contributed by atoms with E-state index >= 15 is 0 Å². The zero-order valence-electron chi connectivity index (χ0n) is 13.9. The van der Waals surface area contributed by atoms with E-state index in [1.807, 2.05) is 6.92 Å². The maximum atomic E-state index is 13.2. The molecule has 2 heterocycles. The Morgan fingerprint density at radius 3 is 2.67 bits per heavy atom. The van der Waals surface area contributed by atoms with E-state index in [9.17, 15) is 18.0 Å². The van der Waals surface area contributed by atoms with Gasteiger partial charge in [-0.25, -0.2) is 4.68 Å². The predicted octanol–water partition coefficient (Wildman–Crippen LogP) is 4.87. The number of aromatic nitrogens is 3. The van der Waals surface area contributed by atoms with E-state index in [0.717, 1.165) is 4.68 Å². The number of fused-ring (bicyclic) bond motifs is 1. The largest absolute Gasteiger partial charge is 0.453 e. The lowest BCUT2D eigenvalue weighted by atomic mass is 9.81. The van der Waals surface area contributed by atoms with E-state index in [1.165, 1.54) is 6.07 Å². The molecular formula is C17H13Cl2F3N4O. The lowest BCUT2D eigenvalue weighted by Gasteiger charge is -2.34. The number of carbonyl (C=O) groups excluding carboxylic acids is 1. The highest BCUT2D eigenvalue weighted by Gasteiger charge is 2.43. The number of nitrogens with one attached hydrogen (secondary N) is 1. The Hall–Kier alpha value is -2.06. The summed E-state index contributed by atoms with van der Waals surface area (Å²) in [5, 5.41) is 7.11. The van der Waals surface area contributed by atoms with E-state index in [1.54, 1.807) is 12.1 Å². The summed E-state index contributed by atoms with van der Waals surface area (Å²) in [6.07, 6.45) is -3.88. The van der Waals surface area contributed by atoms with Gasteiger partial charge < -0.3 is 5.32 Å². The fraction of sp³-hybridized carbons (Fsp3) is 0.353. The minimum atomic E-state index is -4.71. The van der Waals surface area contributed by atoms with Gasteiger partial charge in [0.05, 0.1) is 0 Å². The Labute approximate surface area is 162 Å². The maximum Gasteiger partial charge on any atom is 0.453 e. The zero-order chi connectivity index (χ0) is 19.5. The Balaban J connectivity index is 1.94. The average molecular weight is 417 g/mol. The molecule has 1 aromatic heterocycles. The van der Waals surface area contributed by atoms with Crippen molar-refractivity contribution in [2.75, 3.05) is 5.32 Å². The van der Waals surface area contributed by atoms with Crippen LogP contribution in [0.15, 0.2) is 29.5 Å². The third kappa shape index (κ3) is 3.10. The molecule has 2 aliphatic rings. The van der Waals surface area contributed by atoms with Gasteiger partial charge in [-0.2, -0.15) is 18.2 Å². The van der Waals surface area contributed by atoms with Crippen LogP contribution in [-0.2, 0) is 11.0 Å². The number of ketones is 1. The number of alkyl halides is 3. The first kappa shape index (κ1) is 18.3. The highest BCUT2D eigenvalue weighted by atomic mass is 35.5. The molecule has 5 nitrogen and oxygen atoms in total. The molecule has 2 aromatic rings. The van der Waals surface area contributed by atoms with Crippen molar-refractivity contribution in [1.29, 1.82) is 0 Å². The quantitative estimate of drug-likeness (QED) is 0.719. The van der Waals surface area contributed by atoms with Crippen LogP contribution in [-0.4, -0.2) is 20.5 Å². The van der Waals surface area contributed by atoms with Crippen LogP contribution in [0.3, 0.4) is 0 Å². The third-order valence-corrected chi connectivity index (χ3v) is 5.20. The zero-order valence-corrected chi connectivity index (χ0v) is 15.5. The second-order valence-electron chi connectivity index (χ2n) is 6.72. The second-order valence-corrected chi connectivity index (χ2v) is 7.57. The van der Waals surface area contributed by atoms with Crippen molar-refractivity contribution in [3.05, 3.63) is 50.9 Å². The number of hydrogen-bond acceptors (Lipinski definition) is 4. The number of Topliss-reactive ketones (excluding diaryl/α,β-unsaturated/α-hetero) is 1. The van der Waals surface area contributed by atoms with Crippen molar-refractivity contribution in [1.82, 2.24) is 14.8 Å². The van der Waals surface area contributed by atoms with E-state index < -0.39 is 18.0 Å². The van der Waals surface area contributed by atoms with Gasteiger partial charge in [0, 0.05) is 33.3 Å². The Bertz CT molecular complexity index is 983. The lowest BCUT2D eigenvalue weighted by Crippen LogP contribution is -2.33. The first-order valence-electron chi connectivity index (χ1n) is 8.17. The molecule has 142 valence electrons. The molecule has 0 bridgehead atoms. The number of allylic oxidation sites excluding steroid dienone is 2. The van der Waals surface area contributed by atoms with E-state index in [4.69, 9.17) is 23.2 Å². The SMILES string of the molecule is C[C@H]1CC(=O)C2=C(C1)Nc1nc(C(F)(F)F)nn1[C@H]2c1ccc(Cl)cc1Cl. The molecule has 2 atom stereocenters. The number of benzene rings is 1. The lowest BCUT2D eigenvalue weighted by molar-refractivity contribution is -0.145. The van der Waals surface area contributed by atoms with Crippen molar-refractivity contribution in [3.63, 3.8) is 0 Å². The van der Waals surface area contributed by atoms with Gasteiger partial charge in [-0.15, -0.1) is 5.10 Å². The highest BCUT2D eigenvalue weighted by molar-refractivity contribution is 6.35. The summed E-state index contributed by atoms with van der Waals surface area (Å²) in [5.41, 5.74) is 1.37. The third-order valence-electron chi connectivity index (χ3n) is 4.63. The van der Waals surface area contributed by atoms with E-state index in [0.29, 0.717) is 34.7 Å². The van der Waals surface area contributed by atoms with Gasteiger partial charge in [0.25, 0.3) is 5.82 Å². The molecule has 1 aliphatic heterocycles. The van der Waals surface area contributed by atoms with Crippen molar-refractivity contribution in [2.45, 2.75) is 32.0 Å². The Morgan fingerprint density at radius 1 is 1.26 bits per heavy atom. The van der Waals surface area contributed by atoms with Crippen LogP contribution >= 0.6 is 23.2 Å². The van der Waals surface area contributed by atoms with E-state index in [-0.39, 0.29) is 22.7 Å². The molecule has 0 saturated carbocycles. The number of halogens is 5. The summed E-state index contributed by atoms with van der Waals surface area (Å²) in [5.74, 6) is -1.43. The maximum absolute atomic E-state index is 13.2. The summed E-state index contributed by atoms with van der Waals surface area (Å²) < 4.78 is 40.5. The molecule has 0 amide bonds. The number of anilines is 1. The number of nitrogens with zero attached hydrogens (tertiary/aromatic N) is 3. The fourth-order valence-corrected chi connectivity index (χ4v) is 4.05. The molecule has 0 spiro atoms. The summed E-state index contributed by atoms with van der Waals surface area (Å²) in [7, 11) is 0. The van der Waals surface area contributed by atoms with Crippen LogP contribution in [0.2, 0.25) is 10.0 Å². The minimum absolute atomic E-state index is 0.0704. The highest BCUT2D eigenvalue weighted by Crippen LogP contribution is 2.44.